The second-order valence-electron chi connectivity index (χ2n) is 2.46. The van der Waals surface area contributed by atoms with Gasteiger partial charge in [0.25, 0.3) is 0 Å². The summed E-state index contributed by atoms with van der Waals surface area (Å²) in [5.74, 6) is -1.15. The Morgan fingerprint density at radius 3 is 1.44 bits per heavy atom. The van der Waals surface area contributed by atoms with Crippen LogP contribution in [-0.4, -0.2) is 46.7 Å². The van der Waals surface area contributed by atoms with Gasteiger partial charge in [0.1, 0.15) is 5.41 Å². The van der Waals surface area contributed by atoms with Gasteiger partial charge in [0.05, 0.1) is 13.2 Å². The summed E-state index contributed by atoms with van der Waals surface area (Å²) in [5.41, 5.74) is -1.35. The maximum atomic E-state index is 10.4. The molecule has 0 fully saturated rings. The fourth-order valence-corrected chi connectivity index (χ4v) is 0.560. The molecule has 0 aliphatic carbocycles. The number of aliphatic hydroxyl groups is 2. The summed E-state index contributed by atoms with van der Waals surface area (Å²) in [5, 5.41) is 36.5. The third kappa shape index (κ3) is 8.74. The zero-order valence-corrected chi connectivity index (χ0v) is 8.69. The summed E-state index contributed by atoms with van der Waals surface area (Å²) in [7, 11) is 0. The Labute approximate surface area is 91.5 Å². The number of aliphatic carboxylic acids is 1. The lowest BCUT2D eigenvalue weighted by Gasteiger charge is -2.21. The molecular formula is C8H14N2O6. The number of nitrogens with one attached hydrogen (secondary N) is 2. The number of carboxylic acids is 1. The van der Waals surface area contributed by atoms with E-state index in [0.717, 1.165) is 12.2 Å². The number of rotatable bonds is 4. The van der Waals surface area contributed by atoms with E-state index in [1.165, 1.54) is 0 Å². The summed E-state index contributed by atoms with van der Waals surface area (Å²) < 4.78 is 0. The van der Waals surface area contributed by atoms with Crippen LogP contribution in [-0.2, 0) is 14.4 Å². The normalized spacial score (nSPS) is 8.19. The molecule has 0 aromatic carbocycles. The summed E-state index contributed by atoms with van der Waals surface area (Å²) in [6.07, 6.45) is 1.73. The predicted octanol–water partition coefficient (Wildman–Crippen LogP) is -0.746. The minimum atomic E-state index is -1.35. The molecule has 0 aliphatic rings. The lowest BCUT2D eigenvalue weighted by Crippen LogP contribution is -2.37. The molecule has 16 heavy (non-hydrogen) atoms. The van der Waals surface area contributed by atoms with Gasteiger partial charge in [-0.25, -0.2) is 20.4 Å². The lowest BCUT2D eigenvalue weighted by molar-refractivity contribution is -0.154. The maximum Gasteiger partial charge on any atom is 0.314 e. The van der Waals surface area contributed by atoms with Crippen LogP contribution in [0, 0.1) is 16.2 Å². The smallest absolute Gasteiger partial charge is 0.314 e. The van der Waals surface area contributed by atoms with Gasteiger partial charge in [0.15, 0.2) is 0 Å². The van der Waals surface area contributed by atoms with Crippen LogP contribution in [0.4, 0.5) is 0 Å². The van der Waals surface area contributed by atoms with Gasteiger partial charge in [0.2, 0.25) is 12.2 Å². The largest absolute Gasteiger partial charge is 0.481 e. The quantitative estimate of drug-likeness (QED) is 0.318. The minimum absolute atomic E-state index is 0.231. The third-order valence-corrected chi connectivity index (χ3v) is 1.74. The van der Waals surface area contributed by atoms with Crippen molar-refractivity contribution in [2.24, 2.45) is 5.41 Å². The molecule has 0 unspecified atom stereocenters. The molecule has 0 aromatic heterocycles. The molecule has 8 nitrogen and oxygen atoms in total. The van der Waals surface area contributed by atoms with Gasteiger partial charge in [-0.1, -0.05) is 6.92 Å². The molecule has 0 saturated carbocycles. The Hall–Kier alpha value is -1.85. The molecule has 0 atom stereocenters. The van der Waals surface area contributed by atoms with E-state index in [-0.39, 0.29) is 6.42 Å². The topological polar surface area (TPSA) is 160 Å². The summed E-state index contributed by atoms with van der Waals surface area (Å²) in [4.78, 5) is 27.1. The number of isocyanates is 2. The van der Waals surface area contributed by atoms with Gasteiger partial charge in [-0.15, -0.1) is 0 Å². The van der Waals surface area contributed by atoms with Crippen molar-refractivity contribution in [2.45, 2.75) is 13.3 Å². The maximum absolute atomic E-state index is 10.4. The van der Waals surface area contributed by atoms with Crippen LogP contribution in [0.2, 0.25) is 0 Å². The summed E-state index contributed by atoms with van der Waals surface area (Å²) >= 11 is 0. The van der Waals surface area contributed by atoms with E-state index < -0.39 is 24.6 Å². The number of carboxylic acid groups (broad SMARTS) is 1. The van der Waals surface area contributed by atoms with E-state index in [1.807, 2.05) is 0 Å². The fraction of sp³-hybridized carbons (Fsp3) is 0.625. The van der Waals surface area contributed by atoms with Crippen molar-refractivity contribution in [2.75, 3.05) is 13.2 Å². The van der Waals surface area contributed by atoms with Crippen LogP contribution in [0.3, 0.4) is 0 Å². The van der Waals surface area contributed by atoms with Crippen LogP contribution in [0.15, 0.2) is 0 Å². The molecule has 0 rings (SSSR count). The first kappa shape index (κ1) is 19.7. The molecule has 0 spiro atoms. The Morgan fingerprint density at radius 1 is 1.19 bits per heavy atom. The van der Waals surface area contributed by atoms with E-state index in [1.54, 1.807) is 6.92 Å². The number of hydrogen-bond donors (Lipinski definition) is 5. The van der Waals surface area contributed by atoms with Gasteiger partial charge in [-0.3, -0.25) is 4.79 Å². The molecule has 0 aromatic rings. The zero-order chi connectivity index (χ0) is 13.6. The molecule has 0 saturated heterocycles. The highest BCUT2D eigenvalue weighted by molar-refractivity contribution is 5.74. The average molecular weight is 234 g/mol. The van der Waals surface area contributed by atoms with Crippen molar-refractivity contribution >= 4 is 18.1 Å². The van der Waals surface area contributed by atoms with Gasteiger partial charge >= 0.3 is 5.97 Å². The highest BCUT2D eigenvalue weighted by Gasteiger charge is 2.35. The molecule has 0 aliphatic heterocycles. The lowest BCUT2D eigenvalue weighted by atomic mass is 9.87. The number of aliphatic hydroxyl groups excluding tert-OH is 2. The monoisotopic (exact) mass is 234 g/mol. The van der Waals surface area contributed by atoms with Crippen LogP contribution < -0.4 is 0 Å². The van der Waals surface area contributed by atoms with Crippen molar-refractivity contribution in [3.63, 3.8) is 0 Å². The Morgan fingerprint density at radius 2 is 1.44 bits per heavy atom. The zero-order valence-electron chi connectivity index (χ0n) is 8.69. The molecule has 92 valence electrons. The second kappa shape index (κ2) is 13.2. The van der Waals surface area contributed by atoms with Gasteiger partial charge in [-0.05, 0) is 6.42 Å². The van der Waals surface area contributed by atoms with Crippen molar-refractivity contribution in [1.29, 1.82) is 10.8 Å². The first-order valence-electron chi connectivity index (χ1n) is 3.99. The minimum Gasteiger partial charge on any atom is -0.481 e. The van der Waals surface area contributed by atoms with Gasteiger partial charge in [0, 0.05) is 0 Å². The van der Waals surface area contributed by atoms with Gasteiger partial charge < -0.3 is 15.3 Å². The Bertz CT molecular complexity index is 229. The van der Waals surface area contributed by atoms with Crippen molar-refractivity contribution in [3.05, 3.63) is 0 Å². The standard InChI is InChI=1S/C6H12O4.2CHNO/c1-2-6(3-7,4-8)5(9)10;2*2-1-3/h7-8H,2-4H2,1H3,(H,9,10);2*2H. The highest BCUT2D eigenvalue weighted by atomic mass is 16.4. The molecular weight excluding hydrogens is 220 g/mol. The van der Waals surface area contributed by atoms with Crippen LogP contribution in [0.25, 0.3) is 0 Å². The van der Waals surface area contributed by atoms with Crippen LogP contribution >= 0.6 is 0 Å². The SMILES string of the molecule is CCC(CO)(CO)C(=O)O.N=C=O.N=C=O. The number of carbonyl (C=O) groups is 1. The van der Waals surface area contributed by atoms with E-state index in [4.69, 9.17) is 35.7 Å². The van der Waals surface area contributed by atoms with Crippen molar-refractivity contribution < 1.29 is 29.7 Å². The molecule has 0 heterocycles. The van der Waals surface area contributed by atoms with E-state index in [9.17, 15) is 4.79 Å². The highest BCUT2D eigenvalue weighted by Crippen LogP contribution is 2.19. The summed E-state index contributed by atoms with van der Waals surface area (Å²) in [6, 6.07) is 0. The Kier molecular flexibility index (Phi) is 16.2. The van der Waals surface area contributed by atoms with E-state index in [0.29, 0.717) is 0 Å². The Balaban J connectivity index is -0.000000235. The predicted molar refractivity (Wildman–Crippen MR) is 51.4 cm³/mol. The first-order chi connectivity index (χ1) is 7.45. The molecule has 8 heteroatoms. The second-order valence-corrected chi connectivity index (χ2v) is 2.46. The molecule has 0 amide bonds. The van der Waals surface area contributed by atoms with Crippen LogP contribution in [0.5, 0.6) is 0 Å². The molecule has 0 bridgehead atoms. The van der Waals surface area contributed by atoms with Crippen molar-refractivity contribution in [3.8, 4) is 0 Å². The fourth-order valence-electron chi connectivity index (χ4n) is 0.560. The van der Waals surface area contributed by atoms with E-state index >= 15 is 0 Å². The average Bonchev–Trinajstić information content (AvgIpc) is 2.23. The molecule has 0 radical (unpaired) electrons. The third-order valence-electron chi connectivity index (χ3n) is 1.74. The van der Waals surface area contributed by atoms with Crippen LogP contribution in [0.1, 0.15) is 13.3 Å². The summed E-state index contributed by atoms with van der Waals surface area (Å²) in [6.45, 7) is 0.575. The van der Waals surface area contributed by atoms with Gasteiger partial charge in [-0.2, -0.15) is 0 Å². The molecule has 5 N–H and O–H groups in total. The number of hydrogen-bond acceptors (Lipinski definition) is 7. The van der Waals surface area contributed by atoms with Crippen molar-refractivity contribution in [1.82, 2.24) is 0 Å². The van der Waals surface area contributed by atoms with E-state index in [2.05, 4.69) is 0 Å². The number of carbonyl (C=O) groups excluding carboxylic acids is 2. The first-order valence-corrected chi connectivity index (χ1v) is 3.99.